The fourth-order valence-electron chi connectivity index (χ4n) is 2.16. The molecule has 2 aromatic carbocycles. The molecule has 0 atom stereocenters. The van der Waals surface area contributed by atoms with Crippen LogP contribution in [0.25, 0.3) is 10.9 Å². The van der Waals surface area contributed by atoms with Gasteiger partial charge in [-0.15, -0.1) is 0 Å². The maximum atomic E-state index is 6.03. The molecular weight excluding hydrogens is 291 g/mol. The van der Waals surface area contributed by atoms with E-state index in [4.69, 9.17) is 23.2 Å². The van der Waals surface area contributed by atoms with E-state index in [-0.39, 0.29) is 0 Å². The quantitative estimate of drug-likeness (QED) is 0.667. The molecule has 0 amide bonds. The summed E-state index contributed by atoms with van der Waals surface area (Å²) in [6.45, 7) is 1.96. The van der Waals surface area contributed by atoms with Gasteiger partial charge in [-0.05, 0) is 49.4 Å². The van der Waals surface area contributed by atoms with Crippen molar-refractivity contribution in [2.45, 2.75) is 6.92 Å². The third kappa shape index (κ3) is 2.72. The zero-order valence-corrected chi connectivity index (χ0v) is 12.3. The molecular formula is C16H12Cl2N2. The van der Waals surface area contributed by atoms with Gasteiger partial charge in [0.1, 0.15) is 0 Å². The molecule has 0 spiro atoms. The predicted octanol–water partition coefficient (Wildman–Crippen LogP) is 5.59. The number of aryl methyl sites for hydroxylation is 1. The molecule has 0 aliphatic carbocycles. The van der Waals surface area contributed by atoms with Gasteiger partial charge in [0.05, 0.1) is 5.52 Å². The summed E-state index contributed by atoms with van der Waals surface area (Å²) in [6.07, 6.45) is 0. The molecule has 0 aliphatic heterocycles. The van der Waals surface area contributed by atoms with Crippen molar-refractivity contribution in [1.82, 2.24) is 4.98 Å². The Morgan fingerprint density at radius 3 is 2.55 bits per heavy atom. The van der Waals surface area contributed by atoms with E-state index in [9.17, 15) is 0 Å². The number of fused-ring (bicyclic) bond motifs is 1. The Morgan fingerprint density at radius 2 is 1.75 bits per heavy atom. The maximum Gasteiger partial charge on any atom is 0.0740 e. The minimum absolute atomic E-state index is 0.685. The van der Waals surface area contributed by atoms with E-state index in [1.54, 1.807) is 0 Å². The van der Waals surface area contributed by atoms with Gasteiger partial charge < -0.3 is 5.32 Å². The lowest BCUT2D eigenvalue weighted by molar-refractivity contribution is 1.25. The van der Waals surface area contributed by atoms with Gasteiger partial charge in [0.25, 0.3) is 0 Å². The SMILES string of the molecule is Cc1cc(Nc2cccc(Cl)c2)c2ccc(Cl)cc2n1. The number of rotatable bonds is 2. The van der Waals surface area contributed by atoms with Crippen LogP contribution in [-0.4, -0.2) is 4.98 Å². The highest BCUT2D eigenvalue weighted by Gasteiger charge is 2.05. The van der Waals surface area contributed by atoms with E-state index in [1.165, 1.54) is 0 Å². The van der Waals surface area contributed by atoms with Crippen molar-refractivity contribution in [2.75, 3.05) is 5.32 Å². The molecule has 1 heterocycles. The Balaban J connectivity index is 2.11. The van der Waals surface area contributed by atoms with Gasteiger partial charge in [-0.2, -0.15) is 0 Å². The number of hydrogen-bond donors (Lipinski definition) is 1. The van der Waals surface area contributed by atoms with Crippen molar-refractivity contribution in [3.05, 3.63) is 64.3 Å². The number of hydrogen-bond acceptors (Lipinski definition) is 2. The summed E-state index contributed by atoms with van der Waals surface area (Å²) in [6, 6.07) is 15.3. The first-order chi connectivity index (χ1) is 9.61. The van der Waals surface area contributed by atoms with Gasteiger partial charge in [0.2, 0.25) is 0 Å². The van der Waals surface area contributed by atoms with Crippen LogP contribution in [0, 0.1) is 6.92 Å². The van der Waals surface area contributed by atoms with Crippen LogP contribution in [0.1, 0.15) is 5.69 Å². The molecule has 0 bridgehead atoms. The number of benzene rings is 2. The second-order valence-electron chi connectivity index (χ2n) is 4.61. The second kappa shape index (κ2) is 5.31. The second-order valence-corrected chi connectivity index (χ2v) is 5.48. The smallest absolute Gasteiger partial charge is 0.0740 e. The van der Waals surface area contributed by atoms with Crippen LogP contribution >= 0.6 is 23.2 Å². The van der Waals surface area contributed by atoms with Crippen LogP contribution in [0.4, 0.5) is 11.4 Å². The number of halogens is 2. The highest BCUT2D eigenvalue weighted by atomic mass is 35.5. The average Bonchev–Trinajstić information content (AvgIpc) is 2.37. The standard InChI is InChI=1S/C16H12Cl2N2/c1-10-7-15(20-13-4-2-3-11(17)8-13)14-6-5-12(18)9-16(14)19-10/h2-9H,1H3,(H,19,20). The number of aromatic nitrogens is 1. The Bertz CT molecular complexity index is 779. The van der Waals surface area contributed by atoms with Crippen LogP contribution in [0.15, 0.2) is 48.5 Å². The predicted molar refractivity (Wildman–Crippen MR) is 86.2 cm³/mol. The zero-order valence-electron chi connectivity index (χ0n) is 10.8. The van der Waals surface area contributed by atoms with E-state index >= 15 is 0 Å². The van der Waals surface area contributed by atoms with E-state index in [0.29, 0.717) is 10.0 Å². The Hall–Kier alpha value is -1.77. The molecule has 100 valence electrons. The minimum atomic E-state index is 0.685. The molecule has 0 fully saturated rings. The molecule has 4 heteroatoms. The van der Waals surface area contributed by atoms with Gasteiger partial charge in [-0.25, -0.2) is 0 Å². The lowest BCUT2D eigenvalue weighted by atomic mass is 10.1. The van der Waals surface area contributed by atoms with Crippen LogP contribution < -0.4 is 5.32 Å². The Morgan fingerprint density at radius 1 is 0.950 bits per heavy atom. The molecule has 0 unspecified atom stereocenters. The van der Waals surface area contributed by atoms with E-state index in [0.717, 1.165) is 28.0 Å². The number of pyridine rings is 1. The third-order valence-electron chi connectivity index (χ3n) is 3.00. The van der Waals surface area contributed by atoms with Gasteiger partial charge in [-0.3, -0.25) is 4.98 Å². The van der Waals surface area contributed by atoms with Crippen molar-refractivity contribution >= 4 is 45.5 Å². The first kappa shape index (κ1) is 13.2. The average molecular weight is 303 g/mol. The van der Waals surface area contributed by atoms with Crippen molar-refractivity contribution in [1.29, 1.82) is 0 Å². The van der Waals surface area contributed by atoms with Crippen LogP contribution in [-0.2, 0) is 0 Å². The summed E-state index contributed by atoms with van der Waals surface area (Å²) >= 11 is 12.0. The fraction of sp³-hybridized carbons (Fsp3) is 0.0625. The van der Waals surface area contributed by atoms with E-state index in [2.05, 4.69) is 10.3 Å². The summed E-state index contributed by atoms with van der Waals surface area (Å²) in [4.78, 5) is 4.51. The summed E-state index contributed by atoms with van der Waals surface area (Å²) in [5.74, 6) is 0. The molecule has 0 saturated carbocycles. The van der Waals surface area contributed by atoms with E-state index in [1.807, 2.05) is 55.5 Å². The zero-order chi connectivity index (χ0) is 14.1. The Labute approximate surface area is 127 Å². The normalized spacial score (nSPS) is 10.8. The fourth-order valence-corrected chi connectivity index (χ4v) is 2.52. The summed E-state index contributed by atoms with van der Waals surface area (Å²) in [5, 5.41) is 5.79. The molecule has 3 rings (SSSR count). The first-order valence-corrected chi connectivity index (χ1v) is 6.97. The summed E-state index contributed by atoms with van der Waals surface area (Å²) in [7, 11) is 0. The molecule has 3 aromatic rings. The summed E-state index contributed by atoms with van der Waals surface area (Å²) in [5.41, 5.74) is 3.75. The molecule has 1 aromatic heterocycles. The van der Waals surface area contributed by atoms with Gasteiger partial charge >= 0.3 is 0 Å². The molecule has 1 N–H and O–H groups in total. The van der Waals surface area contributed by atoms with Crippen LogP contribution in [0.2, 0.25) is 10.0 Å². The highest BCUT2D eigenvalue weighted by Crippen LogP contribution is 2.29. The van der Waals surface area contributed by atoms with Crippen molar-refractivity contribution in [3.8, 4) is 0 Å². The molecule has 0 aliphatic rings. The van der Waals surface area contributed by atoms with Crippen molar-refractivity contribution in [2.24, 2.45) is 0 Å². The van der Waals surface area contributed by atoms with Crippen LogP contribution in [0.5, 0.6) is 0 Å². The van der Waals surface area contributed by atoms with Crippen molar-refractivity contribution < 1.29 is 0 Å². The Kier molecular flexibility index (Phi) is 3.51. The monoisotopic (exact) mass is 302 g/mol. The molecule has 0 saturated heterocycles. The lowest BCUT2D eigenvalue weighted by Gasteiger charge is -2.11. The van der Waals surface area contributed by atoms with Gasteiger partial charge in [0.15, 0.2) is 0 Å². The minimum Gasteiger partial charge on any atom is -0.355 e. The number of nitrogens with one attached hydrogen (secondary N) is 1. The highest BCUT2D eigenvalue weighted by molar-refractivity contribution is 6.31. The topological polar surface area (TPSA) is 24.9 Å². The molecule has 0 radical (unpaired) electrons. The lowest BCUT2D eigenvalue weighted by Crippen LogP contribution is -1.94. The largest absolute Gasteiger partial charge is 0.355 e. The van der Waals surface area contributed by atoms with Gasteiger partial charge in [-0.1, -0.05) is 29.3 Å². The third-order valence-corrected chi connectivity index (χ3v) is 3.47. The molecule has 20 heavy (non-hydrogen) atoms. The molecule has 2 nitrogen and oxygen atoms in total. The van der Waals surface area contributed by atoms with Gasteiger partial charge in [0, 0.05) is 32.5 Å². The first-order valence-electron chi connectivity index (χ1n) is 6.21. The summed E-state index contributed by atoms with van der Waals surface area (Å²) < 4.78 is 0. The number of anilines is 2. The van der Waals surface area contributed by atoms with Crippen molar-refractivity contribution in [3.63, 3.8) is 0 Å². The van der Waals surface area contributed by atoms with E-state index < -0.39 is 0 Å². The number of nitrogens with zero attached hydrogens (tertiary/aromatic N) is 1. The van der Waals surface area contributed by atoms with Crippen LogP contribution in [0.3, 0.4) is 0 Å². The maximum absolute atomic E-state index is 6.03.